The molecule has 0 unspecified atom stereocenters. The van der Waals surface area contributed by atoms with Gasteiger partial charge in [-0.25, -0.2) is 19.7 Å². The van der Waals surface area contributed by atoms with Crippen molar-refractivity contribution in [2.45, 2.75) is 13.8 Å². The number of allylic oxidation sites excluding steroid dienone is 1. The summed E-state index contributed by atoms with van der Waals surface area (Å²) < 4.78 is 6.66. The summed E-state index contributed by atoms with van der Waals surface area (Å²) in [4.78, 5) is 35.5. The van der Waals surface area contributed by atoms with Gasteiger partial charge in [-0.3, -0.25) is 4.79 Å². The van der Waals surface area contributed by atoms with Gasteiger partial charge >= 0.3 is 5.97 Å². The lowest BCUT2D eigenvalue weighted by Gasteiger charge is -2.01. The van der Waals surface area contributed by atoms with Crippen LogP contribution in [0.3, 0.4) is 0 Å². The zero-order valence-corrected chi connectivity index (χ0v) is 12.6. The fourth-order valence-corrected chi connectivity index (χ4v) is 1.71. The van der Waals surface area contributed by atoms with E-state index in [9.17, 15) is 9.59 Å². The van der Waals surface area contributed by atoms with E-state index < -0.39 is 5.97 Å². The maximum Gasteiger partial charge on any atom is 0.376 e. The van der Waals surface area contributed by atoms with Crippen LogP contribution in [-0.4, -0.2) is 37.9 Å². The Labute approximate surface area is 127 Å². The number of ether oxygens (including phenoxy) is 1. The Morgan fingerprint density at radius 2 is 2.14 bits per heavy atom. The number of imidazole rings is 1. The maximum atomic E-state index is 12.1. The third kappa shape index (κ3) is 3.43. The largest absolute Gasteiger partial charge is 0.460 e. The van der Waals surface area contributed by atoms with E-state index in [1.807, 2.05) is 18.5 Å². The van der Waals surface area contributed by atoms with Crippen LogP contribution in [0.1, 0.15) is 39.5 Å². The first-order chi connectivity index (χ1) is 10.5. The van der Waals surface area contributed by atoms with Crippen molar-refractivity contribution in [2.24, 2.45) is 7.05 Å². The zero-order chi connectivity index (χ0) is 16.1. The number of aromatic nitrogens is 4. The third-order valence-electron chi connectivity index (χ3n) is 3.03. The molecular weight excluding hydrogens is 284 g/mol. The lowest BCUT2D eigenvalue weighted by molar-refractivity contribution is 0.0512. The Morgan fingerprint density at radius 1 is 1.36 bits per heavy atom. The molecule has 0 amide bonds. The number of nitrogens with zero attached hydrogens (tertiary/aromatic N) is 4. The molecule has 7 nitrogen and oxygen atoms in total. The minimum Gasteiger partial charge on any atom is -0.460 e. The van der Waals surface area contributed by atoms with Crippen LogP contribution in [0.5, 0.6) is 0 Å². The van der Waals surface area contributed by atoms with Gasteiger partial charge in [0.25, 0.3) is 0 Å². The summed E-state index contributed by atoms with van der Waals surface area (Å²) in [5.41, 5.74) is 0.929. The fourth-order valence-electron chi connectivity index (χ4n) is 1.71. The molecule has 0 spiro atoms. The number of carbonyl (C=O) groups is 2. The molecule has 2 aromatic heterocycles. The summed E-state index contributed by atoms with van der Waals surface area (Å²) in [6, 6.07) is 1.45. The van der Waals surface area contributed by atoms with Gasteiger partial charge in [0.05, 0.1) is 18.5 Å². The minimum absolute atomic E-state index is 0.127. The van der Waals surface area contributed by atoms with Crippen molar-refractivity contribution in [1.29, 1.82) is 0 Å². The molecule has 0 aliphatic rings. The molecule has 0 fully saturated rings. The van der Waals surface area contributed by atoms with Crippen LogP contribution in [0, 0.1) is 6.92 Å². The molecule has 0 aromatic carbocycles. The van der Waals surface area contributed by atoms with E-state index in [2.05, 4.69) is 15.0 Å². The van der Waals surface area contributed by atoms with Crippen molar-refractivity contribution in [3.63, 3.8) is 0 Å². The summed E-state index contributed by atoms with van der Waals surface area (Å²) in [6.07, 6.45) is 6.06. The van der Waals surface area contributed by atoms with Gasteiger partial charge in [-0.15, -0.1) is 0 Å². The summed E-state index contributed by atoms with van der Waals surface area (Å²) >= 11 is 0. The average Bonchev–Trinajstić information content (AvgIpc) is 2.84. The molecule has 0 saturated heterocycles. The molecule has 2 heterocycles. The van der Waals surface area contributed by atoms with E-state index in [0.717, 1.165) is 11.5 Å². The van der Waals surface area contributed by atoms with Gasteiger partial charge in [0.1, 0.15) is 11.5 Å². The first kappa shape index (κ1) is 15.6. The number of aryl methyl sites for hydroxylation is 1. The van der Waals surface area contributed by atoms with Crippen molar-refractivity contribution in [1.82, 2.24) is 19.5 Å². The normalized spacial score (nSPS) is 10.9. The SMILES string of the molecule is CCOC(=O)c1nccc(C(=O)/C=C/c2cnc(C)n2C)n1. The molecule has 0 aliphatic heterocycles. The smallest absolute Gasteiger partial charge is 0.376 e. The number of rotatable bonds is 5. The topological polar surface area (TPSA) is 87.0 Å². The molecule has 0 aliphatic carbocycles. The van der Waals surface area contributed by atoms with Gasteiger partial charge in [-0.2, -0.15) is 0 Å². The van der Waals surface area contributed by atoms with E-state index in [1.54, 1.807) is 19.2 Å². The van der Waals surface area contributed by atoms with Gasteiger partial charge in [0, 0.05) is 13.2 Å². The summed E-state index contributed by atoms with van der Waals surface area (Å²) in [7, 11) is 1.86. The molecule has 2 aromatic rings. The number of esters is 1. The molecule has 7 heteroatoms. The predicted molar refractivity (Wildman–Crippen MR) is 79.3 cm³/mol. The fraction of sp³-hybridized carbons (Fsp3) is 0.267. The van der Waals surface area contributed by atoms with Crippen molar-refractivity contribution < 1.29 is 14.3 Å². The second-order valence-corrected chi connectivity index (χ2v) is 4.47. The Kier molecular flexibility index (Phi) is 4.77. The van der Waals surface area contributed by atoms with Gasteiger partial charge < -0.3 is 9.30 Å². The van der Waals surface area contributed by atoms with Crippen molar-refractivity contribution in [3.8, 4) is 0 Å². The molecular formula is C15H16N4O3. The first-order valence-corrected chi connectivity index (χ1v) is 6.73. The van der Waals surface area contributed by atoms with Gasteiger partial charge in [0.15, 0.2) is 0 Å². The van der Waals surface area contributed by atoms with E-state index in [4.69, 9.17) is 4.74 Å². The van der Waals surface area contributed by atoms with E-state index in [1.165, 1.54) is 18.3 Å². The molecule has 0 radical (unpaired) electrons. The Bertz CT molecular complexity index is 734. The summed E-state index contributed by atoms with van der Waals surface area (Å²) in [5, 5.41) is 0. The lowest BCUT2D eigenvalue weighted by Crippen LogP contribution is -2.12. The van der Waals surface area contributed by atoms with Gasteiger partial charge in [-0.1, -0.05) is 0 Å². The quantitative estimate of drug-likeness (QED) is 0.473. The maximum absolute atomic E-state index is 12.1. The standard InChI is InChI=1S/C15H16N4O3/c1-4-22-15(21)14-16-8-7-12(18-14)13(20)6-5-11-9-17-10(2)19(11)3/h5-9H,4H2,1-3H3/b6-5+. The van der Waals surface area contributed by atoms with Crippen molar-refractivity contribution in [2.75, 3.05) is 6.61 Å². The van der Waals surface area contributed by atoms with Crippen LogP contribution in [0.25, 0.3) is 6.08 Å². The Balaban J connectivity index is 2.18. The van der Waals surface area contributed by atoms with Crippen molar-refractivity contribution >= 4 is 17.8 Å². The van der Waals surface area contributed by atoms with E-state index >= 15 is 0 Å². The minimum atomic E-state index is -0.650. The van der Waals surface area contributed by atoms with Crippen LogP contribution in [0.2, 0.25) is 0 Å². The van der Waals surface area contributed by atoms with Crippen LogP contribution in [-0.2, 0) is 11.8 Å². The molecule has 2 rings (SSSR count). The summed E-state index contributed by atoms with van der Waals surface area (Å²) in [6.45, 7) is 3.78. The zero-order valence-electron chi connectivity index (χ0n) is 12.6. The molecule has 22 heavy (non-hydrogen) atoms. The highest BCUT2D eigenvalue weighted by molar-refractivity contribution is 6.05. The molecule has 114 valence electrons. The predicted octanol–water partition coefficient (Wildman–Crippen LogP) is 1.59. The second kappa shape index (κ2) is 6.75. The van der Waals surface area contributed by atoms with Crippen LogP contribution in [0.4, 0.5) is 0 Å². The van der Waals surface area contributed by atoms with Crippen molar-refractivity contribution in [3.05, 3.63) is 47.6 Å². The number of carbonyl (C=O) groups excluding carboxylic acids is 2. The highest BCUT2D eigenvalue weighted by atomic mass is 16.5. The molecule has 0 bridgehead atoms. The molecule has 0 N–H and O–H groups in total. The molecule has 0 atom stereocenters. The average molecular weight is 300 g/mol. The number of hydrogen-bond donors (Lipinski definition) is 0. The van der Waals surface area contributed by atoms with Gasteiger partial charge in [0.2, 0.25) is 11.6 Å². The highest BCUT2D eigenvalue weighted by Gasteiger charge is 2.13. The lowest BCUT2D eigenvalue weighted by atomic mass is 10.2. The van der Waals surface area contributed by atoms with Crippen LogP contribution < -0.4 is 0 Å². The molecule has 0 saturated carbocycles. The van der Waals surface area contributed by atoms with Crippen LogP contribution in [0.15, 0.2) is 24.5 Å². The second-order valence-electron chi connectivity index (χ2n) is 4.47. The monoisotopic (exact) mass is 300 g/mol. The Hall–Kier alpha value is -2.83. The first-order valence-electron chi connectivity index (χ1n) is 6.73. The van der Waals surface area contributed by atoms with E-state index in [0.29, 0.717) is 0 Å². The highest BCUT2D eigenvalue weighted by Crippen LogP contribution is 2.06. The van der Waals surface area contributed by atoms with Gasteiger partial charge in [-0.05, 0) is 32.1 Å². The van der Waals surface area contributed by atoms with E-state index in [-0.39, 0.29) is 23.9 Å². The third-order valence-corrected chi connectivity index (χ3v) is 3.03. The number of ketones is 1. The number of hydrogen-bond acceptors (Lipinski definition) is 6. The Morgan fingerprint density at radius 3 is 2.77 bits per heavy atom. The van der Waals surface area contributed by atoms with Crippen LogP contribution >= 0.6 is 0 Å². The summed E-state index contributed by atoms with van der Waals surface area (Å²) in [5.74, 6) is -0.258.